The molecule has 0 unspecified atom stereocenters. The highest BCUT2D eigenvalue weighted by Gasteiger charge is 2.12. The number of alkyl halides is 2. The quantitative estimate of drug-likeness (QED) is 0.728. The van der Waals surface area contributed by atoms with Gasteiger partial charge in [0.15, 0.2) is 0 Å². The molecule has 2 aromatic heterocycles. The molecule has 0 amide bonds. The molecular formula is C13H8F2N2O2S. The predicted molar refractivity (Wildman–Crippen MR) is 69.7 cm³/mol. The Balaban J connectivity index is 1.89. The number of hydrogen-bond acceptors (Lipinski definition) is 5. The summed E-state index contributed by atoms with van der Waals surface area (Å²) in [5.74, 6) is 0.775. The van der Waals surface area contributed by atoms with Crippen LogP contribution in [0.15, 0.2) is 46.3 Å². The number of halogens is 2. The summed E-state index contributed by atoms with van der Waals surface area (Å²) in [5, 5.41) is 5.77. The zero-order chi connectivity index (χ0) is 13.9. The average molecular weight is 294 g/mol. The fourth-order valence-electron chi connectivity index (χ4n) is 1.65. The lowest BCUT2D eigenvalue weighted by molar-refractivity contribution is -0.0498. The summed E-state index contributed by atoms with van der Waals surface area (Å²) < 4.78 is 33.8. The molecule has 4 nitrogen and oxygen atoms in total. The van der Waals surface area contributed by atoms with E-state index in [0.717, 1.165) is 4.88 Å². The molecular weight excluding hydrogens is 286 g/mol. The molecule has 0 atom stereocenters. The van der Waals surface area contributed by atoms with Crippen LogP contribution in [0.25, 0.3) is 22.2 Å². The van der Waals surface area contributed by atoms with E-state index < -0.39 is 6.61 Å². The summed E-state index contributed by atoms with van der Waals surface area (Å²) in [4.78, 5) is 5.11. The van der Waals surface area contributed by atoms with Gasteiger partial charge >= 0.3 is 6.61 Å². The summed E-state index contributed by atoms with van der Waals surface area (Å²) in [6.07, 6.45) is 0. The molecule has 0 saturated heterocycles. The van der Waals surface area contributed by atoms with Crippen molar-refractivity contribution in [3.05, 3.63) is 41.8 Å². The standard InChI is InChI=1S/C13H8F2N2O2S/c14-13(15)18-9-4-1-3-8(7-9)12-16-11(17-19-12)10-5-2-6-20-10/h1-7,13H. The summed E-state index contributed by atoms with van der Waals surface area (Å²) in [7, 11) is 0. The SMILES string of the molecule is FC(F)Oc1cccc(-c2nc(-c3cccs3)no2)c1. The second-order valence-electron chi connectivity index (χ2n) is 3.81. The Kier molecular flexibility index (Phi) is 3.42. The first kappa shape index (κ1) is 12.7. The highest BCUT2D eigenvalue weighted by molar-refractivity contribution is 7.13. The Morgan fingerprint density at radius 1 is 1.20 bits per heavy atom. The van der Waals surface area contributed by atoms with Crippen molar-refractivity contribution < 1.29 is 18.0 Å². The van der Waals surface area contributed by atoms with Crippen LogP contribution in [0.4, 0.5) is 8.78 Å². The number of nitrogens with zero attached hydrogens (tertiary/aromatic N) is 2. The molecule has 2 heterocycles. The van der Waals surface area contributed by atoms with Gasteiger partial charge in [0.25, 0.3) is 5.89 Å². The Morgan fingerprint density at radius 3 is 2.85 bits per heavy atom. The molecule has 0 spiro atoms. The molecule has 3 aromatic rings. The topological polar surface area (TPSA) is 48.2 Å². The van der Waals surface area contributed by atoms with E-state index in [2.05, 4.69) is 14.9 Å². The second kappa shape index (κ2) is 5.38. The number of hydrogen-bond donors (Lipinski definition) is 0. The van der Waals surface area contributed by atoms with Gasteiger partial charge < -0.3 is 9.26 Å². The zero-order valence-corrected chi connectivity index (χ0v) is 10.8. The minimum atomic E-state index is -2.87. The maximum Gasteiger partial charge on any atom is 0.387 e. The molecule has 0 aliphatic heterocycles. The van der Waals surface area contributed by atoms with E-state index >= 15 is 0 Å². The van der Waals surface area contributed by atoms with Crippen LogP contribution in [0.5, 0.6) is 5.75 Å². The van der Waals surface area contributed by atoms with Gasteiger partial charge in [-0.05, 0) is 29.6 Å². The molecule has 3 rings (SSSR count). The van der Waals surface area contributed by atoms with Crippen LogP contribution in [0.3, 0.4) is 0 Å². The van der Waals surface area contributed by atoms with Crippen LogP contribution in [0.2, 0.25) is 0 Å². The number of rotatable bonds is 4. The number of aromatic nitrogens is 2. The van der Waals surface area contributed by atoms with Crippen LogP contribution in [-0.4, -0.2) is 16.8 Å². The third-order valence-electron chi connectivity index (χ3n) is 2.47. The summed E-state index contributed by atoms with van der Waals surface area (Å²) in [5.41, 5.74) is 0.526. The molecule has 7 heteroatoms. The first-order chi connectivity index (χ1) is 9.72. The highest BCUT2D eigenvalue weighted by Crippen LogP contribution is 2.27. The lowest BCUT2D eigenvalue weighted by Crippen LogP contribution is -2.01. The Bertz CT molecular complexity index is 698. The van der Waals surface area contributed by atoms with Crippen LogP contribution >= 0.6 is 11.3 Å². The van der Waals surface area contributed by atoms with Gasteiger partial charge in [0.2, 0.25) is 5.82 Å². The molecule has 0 N–H and O–H groups in total. The summed E-state index contributed by atoms with van der Waals surface area (Å²) in [6.45, 7) is -2.87. The lowest BCUT2D eigenvalue weighted by Gasteiger charge is -2.04. The van der Waals surface area contributed by atoms with E-state index in [1.54, 1.807) is 12.1 Å². The molecule has 0 aliphatic carbocycles. The van der Waals surface area contributed by atoms with Crippen LogP contribution in [-0.2, 0) is 0 Å². The van der Waals surface area contributed by atoms with Crippen LogP contribution < -0.4 is 4.74 Å². The number of ether oxygens (including phenoxy) is 1. The maximum atomic E-state index is 12.2. The fourth-order valence-corrected chi connectivity index (χ4v) is 2.30. The molecule has 0 radical (unpaired) electrons. The fraction of sp³-hybridized carbons (Fsp3) is 0.0769. The van der Waals surface area contributed by atoms with Crippen molar-refractivity contribution in [1.82, 2.24) is 10.1 Å². The van der Waals surface area contributed by atoms with Crippen molar-refractivity contribution in [3.8, 4) is 27.9 Å². The average Bonchev–Trinajstić information content (AvgIpc) is 3.09. The maximum absolute atomic E-state index is 12.2. The monoisotopic (exact) mass is 294 g/mol. The van der Waals surface area contributed by atoms with Gasteiger partial charge in [-0.25, -0.2) is 0 Å². The van der Waals surface area contributed by atoms with E-state index in [4.69, 9.17) is 4.52 Å². The molecule has 0 aliphatic rings. The Labute approximate surface area is 116 Å². The molecule has 20 heavy (non-hydrogen) atoms. The summed E-state index contributed by atoms with van der Waals surface area (Å²) >= 11 is 1.49. The number of thiophene rings is 1. The zero-order valence-electron chi connectivity index (χ0n) is 9.99. The molecule has 1 aromatic carbocycles. The van der Waals surface area contributed by atoms with Crippen LogP contribution in [0.1, 0.15) is 0 Å². The second-order valence-corrected chi connectivity index (χ2v) is 4.75. The smallest absolute Gasteiger partial charge is 0.387 e. The van der Waals surface area contributed by atoms with Gasteiger partial charge in [-0.3, -0.25) is 0 Å². The minimum Gasteiger partial charge on any atom is -0.435 e. The van der Waals surface area contributed by atoms with Gasteiger partial charge in [-0.15, -0.1) is 11.3 Å². The van der Waals surface area contributed by atoms with Crippen molar-refractivity contribution in [3.63, 3.8) is 0 Å². The van der Waals surface area contributed by atoms with Crippen molar-refractivity contribution in [2.45, 2.75) is 6.61 Å². The van der Waals surface area contributed by atoms with E-state index in [0.29, 0.717) is 11.4 Å². The lowest BCUT2D eigenvalue weighted by atomic mass is 10.2. The molecule has 0 fully saturated rings. The van der Waals surface area contributed by atoms with E-state index in [9.17, 15) is 8.78 Å². The van der Waals surface area contributed by atoms with E-state index in [-0.39, 0.29) is 11.6 Å². The number of benzene rings is 1. The van der Waals surface area contributed by atoms with Crippen molar-refractivity contribution in [2.75, 3.05) is 0 Å². The van der Waals surface area contributed by atoms with Gasteiger partial charge in [-0.2, -0.15) is 13.8 Å². The highest BCUT2D eigenvalue weighted by atomic mass is 32.1. The van der Waals surface area contributed by atoms with E-state index in [1.807, 2.05) is 17.5 Å². The third-order valence-corrected chi connectivity index (χ3v) is 3.34. The van der Waals surface area contributed by atoms with Gasteiger partial charge in [0.05, 0.1) is 4.88 Å². The summed E-state index contributed by atoms with van der Waals surface area (Å²) in [6, 6.07) is 9.89. The van der Waals surface area contributed by atoms with Gasteiger partial charge in [0, 0.05) is 5.56 Å². The van der Waals surface area contributed by atoms with Crippen LogP contribution in [0, 0.1) is 0 Å². The first-order valence-electron chi connectivity index (χ1n) is 5.65. The Morgan fingerprint density at radius 2 is 2.10 bits per heavy atom. The molecule has 102 valence electrons. The van der Waals surface area contributed by atoms with Gasteiger partial charge in [-0.1, -0.05) is 17.3 Å². The van der Waals surface area contributed by atoms with Crippen molar-refractivity contribution in [2.24, 2.45) is 0 Å². The Hall–Kier alpha value is -2.28. The van der Waals surface area contributed by atoms with Crippen molar-refractivity contribution in [1.29, 1.82) is 0 Å². The first-order valence-corrected chi connectivity index (χ1v) is 6.53. The van der Waals surface area contributed by atoms with Gasteiger partial charge in [0.1, 0.15) is 5.75 Å². The third kappa shape index (κ3) is 2.67. The van der Waals surface area contributed by atoms with Crippen molar-refractivity contribution >= 4 is 11.3 Å². The minimum absolute atomic E-state index is 0.0494. The van der Waals surface area contributed by atoms with E-state index in [1.165, 1.54) is 23.5 Å². The normalized spacial score (nSPS) is 10.9. The largest absolute Gasteiger partial charge is 0.435 e. The molecule has 0 saturated carbocycles. The predicted octanol–water partition coefficient (Wildman–Crippen LogP) is 4.07. The molecule has 0 bridgehead atoms.